The van der Waals surface area contributed by atoms with Gasteiger partial charge in [-0.2, -0.15) is 0 Å². The van der Waals surface area contributed by atoms with Crippen molar-refractivity contribution in [1.29, 1.82) is 0 Å². The van der Waals surface area contributed by atoms with E-state index in [9.17, 15) is 4.79 Å². The quantitative estimate of drug-likeness (QED) is 0.573. The summed E-state index contributed by atoms with van der Waals surface area (Å²) in [6.45, 7) is 2.94. The Labute approximate surface area is 103 Å². The van der Waals surface area contributed by atoms with E-state index in [0.29, 0.717) is 19.6 Å². The highest BCUT2D eigenvalue weighted by molar-refractivity contribution is 5.77. The Bertz CT molecular complexity index is 224. The van der Waals surface area contributed by atoms with Crippen molar-refractivity contribution in [2.75, 3.05) is 40.5 Å². The van der Waals surface area contributed by atoms with E-state index in [1.807, 2.05) is 0 Å². The molecule has 0 heterocycles. The van der Waals surface area contributed by atoms with Crippen LogP contribution in [0.5, 0.6) is 0 Å². The molecule has 100 valence electrons. The molecule has 5 heteroatoms. The average Bonchev–Trinajstić information content (AvgIpc) is 2.28. The van der Waals surface area contributed by atoms with Gasteiger partial charge in [0.05, 0.1) is 18.6 Å². The smallest absolute Gasteiger partial charge is 0.222 e. The third-order valence-corrected chi connectivity index (χ3v) is 3.29. The van der Waals surface area contributed by atoms with Gasteiger partial charge in [-0.3, -0.25) is 4.79 Å². The number of ether oxygens (including phenoxy) is 2. The van der Waals surface area contributed by atoms with E-state index in [2.05, 4.69) is 10.6 Å². The summed E-state index contributed by atoms with van der Waals surface area (Å²) >= 11 is 0. The second-order valence-electron chi connectivity index (χ2n) is 4.51. The number of carbonyl (C=O) groups is 1. The lowest BCUT2D eigenvalue weighted by Crippen LogP contribution is -2.44. The minimum atomic E-state index is -0.173. The lowest BCUT2D eigenvalue weighted by atomic mass is 9.77. The highest BCUT2D eigenvalue weighted by Crippen LogP contribution is 2.37. The molecule has 0 aliphatic heterocycles. The fourth-order valence-electron chi connectivity index (χ4n) is 1.97. The lowest BCUT2D eigenvalue weighted by molar-refractivity contribution is -0.134. The van der Waals surface area contributed by atoms with Crippen LogP contribution in [0, 0.1) is 0 Å². The van der Waals surface area contributed by atoms with Gasteiger partial charge < -0.3 is 20.1 Å². The zero-order chi connectivity index (χ0) is 12.6. The van der Waals surface area contributed by atoms with E-state index in [1.165, 1.54) is 6.42 Å². The molecule has 0 spiro atoms. The predicted molar refractivity (Wildman–Crippen MR) is 66.0 cm³/mol. The first-order valence-corrected chi connectivity index (χ1v) is 6.24. The van der Waals surface area contributed by atoms with E-state index >= 15 is 0 Å². The lowest BCUT2D eigenvalue weighted by Gasteiger charge is -2.39. The molecule has 1 rings (SSSR count). The number of carbonyl (C=O) groups excluding carboxylic acids is 1. The summed E-state index contributed by atoms with van der Waals surface area (Å²) in [6, 6.07) is 0. The third-order valence-electron chi connectivity index (χ3n) is 3.29. The zero-order valence-electron chi connectivity index (χ0n) is 10.9. The molecule has 1 fully saturated rings. The summed E-state index contributed by atoms with van der Waals surface area (Å²) in [4.78, 5) is 11.7. The topological polar surface area (TPSA) is 59.6 Å². The maximum absolute atomic E-state index is 11.7. The molecule has 0 aromatic heterocycles. The molecule has 0 saturated heterocycles. The maximum atomic E-state index is 11.7. The SMILES string of the molecule is COCCNCCNC(=O)CC1(OC)CCC1. The number of nitrogens with one attached hydrogen (secondary N) is 2. The van der Waals surface area contributed by atoms with Crippen molar-refractivity contribution in [3.8, 4) is 0 Å². The van der Waals surface area contributed by atoms with Crippen LogP contribution in [0.2, 0.25) is 0 Å². The van der Waals surface area contributed by atoms with Gasteiger partial charge >= 0.3 is 0 Å². The predicted octanol–water partition coefficient (Wildman–Crippen LogP) is 0.298. The number of hydrogen-bond donors (Lipinski definition) is 2. The van der Waals surface area contributed by atoms with Gasteiger partial charge in [0.15, 0.2) is 0 Å². The van der Waals surface area contributed by atoms with E-state index < -0.39 is 0 Å². The van der Waals surface area contributed by atoms with Crippen LogP contribution in [-0.4, -0.2) is 52.0 Å². The van der Waals surface area contributed by atoms with Crippen LogP contribution in [0.4, 0.5) is 0 Å². The molecule has 0 unspecified atom stereocenters. The number of rotatable bonds is 9. The molecule has 1 amide bonds. The number of hydrogen-bond acceptors (Lipinski definition) is 4. The molecule has 17 heavy (non-hydrogen) atoms. The van der Waals surface area contributed by atoms with E-state index in [4.69, 9.17) is 9.47 Å². The zero-order valence-corrected chi connectivity index (χ0v) is 10.9. The van der Waals surface area contributed by atoms with Gasteiger partial charge in [0.2, 0.25) is 5.91 Å². The van der Waals surface area contributed by atoms with Gasteiger partial charge in [0.25, 0.3) is 0 Å². The van der Waals surface area contributed by atoms with Gasteiger partial charge in [-0.1, -0.05) is 0 Å². The summed E-state index contributed by atoms with van der Waals surface area (Å²) < 4.78 is 10.3. The van der Waals surface area contributed by atoms with Crippen molar-refractivity contribution in [2.45, 2.75) is 31.3 Å². The molecular weight excluding hydrogens is 220 g/mol. The normalized spacial score (nSPS) is 17.5. The summed E-state index contributed by atoms with van der Waals surface area (Å²) in [5.41, 5.74) is -0.173. The second kappa shape index (κ2) is 7.63. The van der Waals surface area contributed by atoms with Crippen molar-refractivity contribution >= 4 is 5.91 Å². The average molecular weight is 244 g/mol. The first-order valence-electron chi connectivity index (χ1n) is 6.24. The second-order valence-corrected chi connectivity index (χ2v) is 4.51. The van der Waals surface area contributed by atoms with Crippen molar-refractivity contribution in [3.05, 3.63) is 0 Å². The molecule has 1 aliphatic carbocycles. The fraction of sp³-hybridized carbons (Fsp3) is 0.917. The summed E-state index contributed by atoms with van der Waals surface area (Å²) in [6.07, 6.45) is 3.66. The van der Waals surface area contributed by atoms with Crippen LogP contribution in [0.25, 0.3) is 0 Å². The van der Waals surface area contributed by atoms with Crippen molar-refractivity contribution in [2.24, 2.45) is 0 Å². The van der Waals surface area contributed by atoms with Crippen LogP contribution in [0.1, 0.15) is 25.7 Å². The van der Waals surface area contributed by atoms with Gasteiger partial charge in [-0.25, -0.2) is 0 Å². The van der Waals surface area contributed by atoms with Crippen molar-refractivity contribution in [3.63, 3.8) is 0 Å². The molecule has 1 aliphatic rings. The summed E-state index contributed by atoms with van der Waals surface area (Å²) in [7, 11) is 3.37. The maximum Gasteiger partial charge on any atom is 0.222 e. The Morgan fingerprint density at radius 2 is 2.00 bits per heavy atom. The third kappa shape index (κ3) is 5.02. The minimum Gasteiger partial charge on any atom is -0.383 e. The molecule has 0 aromatic rings. The van der Waals surface area contributed by atoms with Gasteiger partial charge in [0, 0.05) is 33.9 Å². The van der Waals surface area contributed by atoms with Crippen LogP contribution in [0.15, 0.2) is 0 Å². The minimum absolute atomic E-state index is 0.0834. The van der Waals surface area contributed by atoms with E-state index in [-0.39, 0.29) is 11.5 Å². The first kappa shape index (κ1) is 14.4. The van der Waals surface area contributed by atoms with E-state index in [1.54, 1.807) is 14.2 Å². The molecule has 2 N–H and O–H groups in total. The highest BCUT2D eigenvalue weighted by atomic mass is 16.5. The molecule has 0 bridgehead atoms. The van der Waals surface area contributed by atoms with Gasteiger partial charge in [0.1, 0.15) is 0 Å². The Morgan fingerprint density at radius 3 is 2.53 bits per heavy atom. The Hall–Kier alpha value is -0.650. The Balaban J connectivity index is 2.01. The van der Waals surface area contributed by atoms with Crippen molar-refractivity contribution < 1.29 is 14.3 Å². The molecule has 0 aromatic carbocycles. The molecule has 5 nitrogen and oxygen atoms in total. The Kier molecular flexibility index (Phi) is 6.47. The summed E-state index contributed by atoms with van der Waals surface area (Å²) in [5.74, 6) is 0.0834. The molecule has 1 saturated carbocycles. The molecule has 0 radical (unpaired) electrons. The van der Waals surface area contributed by atoms with Crippen LogP contribution in [0.3, 0.4) is 0 Å². The largest absolute Gasteiger partial charge is 0.383 e. The van der Waals surface area contributed by atoms with E-state index in [0.717, 1.165) is 25.9 Å². The standard InChI is InChI=1S/C12H24N2O3/c1-16-9-8-13-6-7-14-11(15)10-12(17-2)4-3-5-12/h13H,3-10H2,1-2H3,(H,14,15). The highest BCUT2D eigenvalue weighted by Gasteiger charge is 2.38. The van der Waals surface area contributed by atoms with Gasteiger partial charge in [-0.05, 0) is 19.3 Å². The van der Waals surface area contributed by atoms with Crippen LogP contribution in [-0.2, 0) is 14.3 Å². The molecule has 0 atom stereocenters. The first-order chi connectivity index (χ1) is 8.22. The van der Waals surface area contributed by atoms with Gasteiger partial charge in [-0.15, -0.1) is 0 Å². The number of amides is 1. The monoisotopic (exact) mass is 244 g/mol. The fourth-order valence-corrected chi connectivity index (χ4v) is 1.97. The van der Waals surface area contributed by atoms with Crippen LogP contribution < -0.4 is 10.6 Å². The van der Waals surface area contributed by atoms with Crippen LogP contribution >= 0.6 is 0 Å². The summed E-state index contributed by atoms with van der Waals surface area (Å²) in [5, 5.41) is 6.07. The number of methoxy groups -OCH3 is 2. The molecular formula is C12H24N2O3. The Morgan fingerprint density at radius 1 is 1.24 bits per heavy atom. The van der Waals surface area contributed by atoms with Crippen molar-refractivity contribution in [1.82, 2.24) is 10.6 Å².